The number of benzene rings is 3. The highest BCUT2D eigenvalue weighted by atomic mass is 79.9. The lowest BCUT2D eigenvalue weighted by Gasteiger charge is -2.12. The van der Waals surface area contributed by atoms with Crippen LogP contribution in [0.25, 0.3) is 10.8 Å². The fourth-order valence-corrected chi connectivity index (χ4v) is 2.57. The minimum atomic E-state index is 0.243. The molecule has 0 radical (unpaired) electrons. The van der Waals surface area contributed by atoms with E-state index in [9.17, 15) is 5.11 Å². The highest BCUT2D eigenvalue weighted by Crippen LogP contribution is 2.38. The maximum atomic E-state index is 10.1. The quantitative estimate of drug-likeness (QED) is 0.741. The predicted octanol–water partition coefficient (Wildman–Crippen LogP) is 4.89. The number of phenolic OH excluding ortho intramolecular Hbond substituents is 1. The van der Waals surface area contributed by atoms with Crippen molar-refractivity contribution in [3.05, 3.63) is 70.7 Å². The maximum Gasteiger partial charge on any atom is 0.137 e. The van der Waals surface area contributed by atoms with Gasteiger partial charge >= 0.3 is 0 Å². The Morgan fingerprint density at radius 2 is 1.55 bits per heavy atom. The summed E-state index contributed by atoms with van der Waals surface area (Å²) < 4.78 is 6.54. The molecule has 0 aliphatic carbocycles. The van der Waals surface area contributed by atoms with E-state index in [0.29, 0.717) is 11.1 Å². The fourth-order valence-electron chi connectivity index (χ4n) is 2.15. The molecule has 0 unspecified atom stereocenters. The highest BCUT2D eigenvalue weighted by Gasteiger charge is 2.10. The van der Waals surface area contributed by atoms with Crippen LogP contribution in [0.3, 0.4) is 0 Å². The first-order valence-corrected chi connectivity index (χ1v) is 7.12. The van der Waals surface area contributed by atoms with Gasteiger partial charge in [-0.15, -0.1) is 0 Å². The first kappa shape index (κ1) is 13.0. The van der Waals surface area contributed by atoms with Gasteiger partial charge in [-0.3, -0.25) is 0 Å². The van der Waals surface area contributed by atoms with Gasteiger partial charge in [-0.1, -0.05) is 54.6 Å². The number of aromatic hydroxyl groups is 1. The summed E-state index contributed by atoms with van der Waals surface area (Å²) in [4.78, 5) is 0. The zero-order chi connectivity index (χ0) is 13.9. The van der Waals surface area contributed by atoms with Gasteiger partial charge in [0, 0.05) is 10.8 Å². The molecule has 2 nitrogen and oxygen atoms in total. The summed E-state index contributed by atoms with van der Waals surface area (Å²) >= 11 is 3.36. The Kier molecular flexibility index (Phi) is 3.61. The van der Waals surface area contributed by atoms with Crippen molar-refractivity contribution < 1.29 is 9.84 Å². The fraction of sp³-hybridized carbons (Fsp3) is 0.0588. The molecule has 20 heavy (non-hydrogen) atoms. The van der Waals surface area contributed by atoms with Crippen LogP contribution in [-0.4, -0.2) is 5.11 Å². The molecule has 0 aliphatic heterocycles. The summed E-state index contributed by atoms with van der Waals surface area (Å²) in [5, 5.41) is 11.8. The van der Waals surface area contributed by atoms with Crippen molar-refractivity contribution in [3.63, 3.8) is 0 Å². The molecule has 0 fully saturated rings. The molecule has 3 aromatic carbocycles. The van der Waals surface area contributed by atoms with Gasteiger partial charge in [0.1, 0.15) is 18.1 Å². The zero-order valence-corrected chi connectivity index (χ0v) is 12.3. The van der Waals surface area contributed by atoms with Crippen molar-refractivity contribution in [1.29, 1.82) is 0 Å². The molecule has 0 aliphatic rings. The molecule has 0 aromatic heterocycles. The Labute approximate surface area is 125 Å². The second kappa shape index (κ2) is 5.55. The Balaban J connectivity index is 1.97. The van der Waals surface area contributed by atoms with Crippen molar-refractivity contribution >= 4 is 26.7 Å². The number of halogens is 1. The number of rotatable bonds is 3. The highest BCUT2D eigenvalue weighted by molar-refractivity contribution is 9.10. The van der Waals surface area contributed by atoms with E-state index in [2.05, 4.69) is 15.9 Å². The molecule has 0 heterocycles. The van der Waals surface area contributed by atoms with E-state index in [0.717, 1.165) is 22.1 Å². The van der Waals surface area contributed by atoms with Gasteiger partial charge < -0.3 is 9.84 Å². The third-order valence-electron chi connectivity index (χ3n) is 3.17. The van der Waals surface area contributed by atoms with Crippen molar-refractivity contribution in [2.75, 3.05) is 0 Å². The van der Waals surface area contributed by atoms with Crippen molar-refractivity contribution in [2.45, 2.75) is 6.61 Å². The Hall–Kier alpha value is -2.00. The number of hydrogen-bond acceptors (Lipinski definition) is 2. The molecule has 0 amide bonds. The minimum absolute atomic E-state index is 0.243. The van der Waals surface area contributed by atoms with Crippen LogP contribution in [0.4, 0.5) is 0 Å². The normalized spacial score (nSPS) is 10.7. The SMILES string of the molecule is Oc1c(Br)cc(OCc2ccccc2)c2ccccc12. The topological polar surface area (TPSA) is 29.5 Å². The molecule has 3 heteroatoms. The van der Waals surface area contributed by atoms with E-state index in [1.807, 2.05) is 54.6 Å². The molecule has 100 valence electrons. The second-order valence-corrected chi connectivity index (χ2v) is 5.38. The molecular weight excluding hydrogens is 316 g/mol. The lowest BCUT2D eigenvalue weighted by Crippen LogP contribution is -1.96. The Morgan fingerprint density at radius 3 is 2.30 bits per heavy atom. The monoisotopic (exact) mass is 328 g/mol. The Morgan fingerprint density at radius 1 is 0.900 bits per heavy atom. The van der Waals surface area contributed by atoms with Gasteiger partial charge in [0.2, 0.25) is 0 Å². The van der Waals surface area contributed by atoms with Crippen LogP contribution < -0.4 is 4.74 Å². The van der Waals surface area contributed by atoms with Crippen LogP contribution in [0.5, 0.6) is 11.5 Å². The van der Waals surface area contributed by atoms with Crippen LogP contribution >= 0.6 is 15.9 Å². The molecule has 0 saturated carbocycles. The number of ether oxygens (including phenoxy) is 1. The van der Waals surface area contributed by atoms with E-state index in [4.69, 9.17) is 4.74 Å². The summed E-state index contributed by atoms with van der Waals surface area (Å²) in [5.41, 5.74) is 1.11. The van der Waals surface area contributed by atoms with Gasteiger partial charge in [0.15, 0.2) is 0 Å². The maximum absolute atomic E-state index is 10.1. The minimum Gasteiger partial charge on any atom is -0.506 e. The van der Waals surface area contributed by atoms with Gasteiger partial charge in [-0.2, -0.15) is 0 Å². The van der Waals surface area contributed by atoms with Crippen LogP contribution in [0, 0.1) is 0 Å². The average Bonchev–Trinajstić information content (AvgIpc) is 2.50. The van der Waals surface area contributed by atoms with Crippen LogP contribution in [0.2, 0.25) is 0 Å². The van der Waals surface area contributed by atoms with E-state index in [1.165, 1.54) is 0 Å². The number of hydrogen-bond donors (Lipinski definition) is 1. The second-order valence-electron chi connectivity index (χ2n) is 4.52. The van der Waals surface area contributed by atoms with Gasteiger partial charge in [0.25, 0.3) is 0 Å². The molecular formula is C17H13BrO2. The third-order valence-corrected chi connectivity index (χ3v) is 3.77. The van der Waals surface area contributed by atoms with Crippen LogP contribution in [-0.2, 0) is 6.61 Å². The van der Waals surface area contributed by atoms with Crippen molar-refractivity contribution in [1.82, 2.24) is 0 Å². The largest absolute Gasteiger partial charge is 0.506 e. The molecule has 0 bridgehead atoms. The van der Waals surface area contributed by atoms with Crippen molar-refractivity contribution in [2.24, 2.45) is 0 Å². The lowest BCUT2D eigenvalue weighted by atomic mass is 10.1. The molecule has 3 aromatic rings. The molecule has 0 atom stereocenters. The molecule has 0 saturated heterocycles. The third kappa shape index (κ3) is 2.49. The van der Waals surface area contributed by atoms with Gasteiger partial charge in [-0.05, 0) is 27.6 Å². The summed E-state index contributed by atoms with van der Waals surface area (Å²) in [5.74, 6) is 1.00. The standard InChI is InChI=1S/C17H13BrO2/c18-15-10-16(20-11-12-6-2-1-3-7-12)13-8-4-5-9-14(13)17(15)19/h1-10,19H,11H2. The van der Waals surface area contributed by atoms with Crippen LogP contribution in [0.1, 0.15) is 5.56 Å². The van der Waals surface area contributed by atoms with Gasteiger partial charge in [0.05, 0.1) is 4.47 Å². The predicted molar refractivity (Wildman–Crippen MR) is 84.1 cm³/mol. The summed E-state index contributed by atoms with van der Waals surface area (Å²) in [6.07, 6.45) is 0. The smallest absolute Gasteiger partial charge is 0.137 e. The summed E-state index contributed by atoms with van der Waals surface area (Å²) in [7, 11) is 0. The van der Waals surface area contributed by atoms with Gasteiger partial charge in [-0.25, -0.2) is 0 Å². The lowest BCUT2D eigenvalue weighted by molar-refractivity contribution is 0.309. The van der Waals surface area contributed by atoms with Crippen LogP contribution in [0.15, 0.2) is 65.1 Å². The summed E-state index contributed by atoms with van der Waals surface area (Å²) in [6.45, 7) is 0.502. The molecule has 0 spiro atoms. The Bertz CT molecular complexity index is 739. The first-order chi connectivity index (χ1) is 9.75. The van der Waals surface area contributed by atoms with E-state index < -0.39 is 0 Å². The van der Waals surface area contributed by atoms with E-state index in [-0.39, 0.29) is 5.75 Å². The first-order valence-electron chi connectivity index (χ1n) is 6.32. The zero-order valence-electron chi connectivity index (χ0n) is 10.7. The van der Waals surface area contributed by atoms with E-state index >= 15 is 0 Å². The number of fused-ring (bicyclic) bond motifs is 1. The summed E-state index contributed by atoms with van der Waals surface area (Å²) in [6, 6.07) is 19.5. The molecule has 3 rings (SSSR count). The van der Waals surface area contributed by atoms with E-state index in [1.54, 1.807) is 6.07 Å². The average molecular weight is 329 g/mol. The molecule has 1 N–H and O–H groups in total. The number of phenols is 1. The van der Waals surface area contributed by atoms with Crippen molar-refractivity contribution in [3.8, 4) is 11.5 Å².